The fourth-order valence-electron chi connectivity index (χ4n) is 1.96. The molecule has 0 aliphatic rings. The molecule has 0 spiro atoms. The summed E-state index contributed by atoms with van der Waals surface area (Å²) in [6, 6.07) is 4.74. The van der Waals surface area contributed by atoms with E-state index in [4.69, 9.17) is 5.11 Å². The Bertz CT molecular complexity index is 876. The van der Waals surface area contributed by atoms with E-state index in [0.717, 1.165) is 6.07 Å². The van der Waals surface area contributed by atoms with Gasteiger partial charge in [0.1, 0.15) is 0 Å². The molecular formula is C13H8F2N4O2. The van der Waals surface area contributed by atoms with Crippen molar-refractivity contribution in [1.29, 1.82) is 0 Å². The molecule has 2 heterocycles. The molecule has 0 atom stereocenters. The van der Waals surface area contributed by atoms with Gasteiger partial charge in [-0.1, -0.05) is 0 Å². The highest BCUT2D eigenvalue weighted by molar-refractivity contribution is 5.95. The summed E-state index contributed by atoms with van der Waals surface area (Å²) in [4.78, 5) is 11.2. The number of rotatable bonds is 2. The Morgan fingerprint density at radius 2 is 1.90 bits per heavy atom. The van der Waals surface area contributed by atoms with Crippen molar-refractivity contribution in [2.75, 3.05) is 0 Å². The van der Waals surface area contributed by atoms with E-state index in [9.17, 15) is 13.6 Å². The number of halogens is 2. The highest BCUT2D eigenvalue weighted by Crippen LogP contribution is 2.25. The van der Waals surface area contributed by atoms with Crippen molar-refractivity contribution in [2.45, 2.75) is 6.92 Å². The normalized spacial score (nSPS) is 11.0. The fraction of sp³-hybridized carbons (Fsp3) is 0.0769. The highest BCUT2D eigenvalue weighted by Gasteiger charge is 2.21. The average Bonchev–Trinajstić information content (AvgIpc) is 2.84. The van der Waals surface area contributed by atoms with Gasteiger partial charge in [0, 0.05) is 5.56 Å². The minimum absolute atomic E-state index is 0.0324. The van der Waals surface area contributed by atoms with Gasteiger partial charge in [-0.2, -0.15) is 9.61 Å². The Hall–Kier alpha value is -2.90. The maximum atomic E-state index is 13.4. The third-order valence-electron chi connectivity index (χ3n) is 2.93. The topological polar surface area (TPSA) is 80.4 Å². The standard InChI is InChI=1S/C13H8F2N4O2/c1-6-2-3-11-16-17-12(19(11)18-6)7-4-9(14)10(15)5-8(7)13(20)21/h2-5H,1H3,(H,20,21). The summed E-state index contributed by atoms with van der Waals surface area (Å²) in [6.45, 7) is 1.73. The monoisotopic (exact) mass is 290 g/mol. The second-order valence-electron chi connectivity index (χ2n) is 4.39. The minimum atomic E-state index is -1.40. The molecule has 0 radical (unpaired) electrons. The summed E-state index contributed by atoms with van der Waals surface area (Å²) in [5.41, 5.74) is 0.512. The summed E-state index contributed by atoms with van der Waals surface area (Å²) in [5, 5.41) is 20.9. The van der Waals surface area contributed by atoms with Crippen LogP contribution in [0.25, 0.3) is 17.0 Å². The van der Waals surface area contributed by atoms with Crippen molar-refractivity contribution in [3.8, 4) is 11.4 Å². The molecule has 0 saturated heterocycles. The quantitative estimate of drug-likeness (QED) is 0.781. The van der Waals surface area contributed by atoms with Crippen LogP contribution in [0.2, 0.25) is 0 Å². The van der Waals surface area contributed by atoms with Crippen LogP contribution in [0.4, 0.5) is 8.78 Å². The first-order valence-electron chi connectivity index (χ1n) is 5.89. The van der Waals surface area contributed by atoms with Gasteiger partial charge in [-0.05, 0) is 31.2 Å². The van der Waals surface area contributed by atoms with Crippen LogP contribution in [0.5, 0.6) is 0 Å². The van der Waals surface area contributed by atoms with E-state index < -0.39 is 23.2 Å². The second-order valence-corrected chi connectivity index (χ2v) is 4.39. The summed E-state index contributed by atoms with van der Waals surface area (Å²) >= 11 is 0. The van der Waals surface area contributed by atoms with E-state index in [1.54, 1.807) is 19.1 Å². The molecule has 3 aromatic rings. The number of carboxylic acid groups (broad SMARTS) is 1. The molecule has 6 nitrogen and oxygen atoms in total. The van der Waals surface area contributed by atoms with E-state index in [0.29, 0.717) is 17.4 Å². The molecule has 0 fully saturated rings. The smallest absolute Gasteiger partial charge is 0.336 e. The fourth-order valence-corrected chi connectivity index (χ4v) is 1.96. The lowest BCUT2D eigenvalue weighted by Gasteiger charge is -2.05. The first-order valence-corrected chi connectivity index (χ1v) is 5.89. The Kier molecular flexibility index (Phi) is 2.86. The van der Waals surface area contributed by atoms with Gasteiger partial charge < -0.3 is 5.11 Å². The summed E-state index contributed by atoms with van der Waals surface area (Å²) in [5.74, 6) is -3.77. The van der Waals surface area contributed by atoms with E-state index in [2.05, 4.69) is 15.3 Å². The van der Waals surface area contributed by atoms with E-state index in [1.165, 1.54) is 4.52 Å². The molecule has 3 rings (SSSR count). The minimum Gasteiger partial charge on any atom is -0.478 e. The van der Waals surface area contributed by atoms with Crippen molar-refractivity contribution in [1.82, 2.24) is 19.8 Å². The number of aromatic nitrogens is 4. The summed E-state index contributed by atoms with van der Waals surface area (Å²) in [6.07, 6.45) is 0. The van der Waals surface area contributed by atoms with E-state index in [1.807, 2.05) is 0 Å². The van der Waals surface area contributed by atoms with Crippen molar-refractivity contribution < 1.29 is 18.7 Å². The number of aryl methyl sites for hydroxylation is 1. The van der Waals surface area contributed by atoms with Gasteiger partial charge in [0.25, 0.3) is 0 Å². The van der Waals surface area contributed by atoms with E-state index >= 15 is 0 Å². The van der Waals surface area contributed by atoms with Crippen LogP contribution >= 0.6 is 0 Å². The van der Waals surface area contributed by atoms with Crippen LogP contribution in [0.15, 0.2) is 24.3 Å². The van der Waals surface area contributed by atoms with Crippen LogP contribution in [0, 0.1) is 18.6 Å². The lowest BCUT2D eigenvalue weighted by atomic mass is 10.1. The predicted octanol–water partition coefficient (Wildman–Crippen LogP) is 2.08. The lowest BCUT2D eigenvalue weighted by molar-refractivity contribution is 0.0697. The van der Waals surface area contributed by atoms with Crippen molar-refractivity contribution in [3.05, 3.63) is 47.2 Å². The van der Waals surface area contributed by atoms with Gasteiger partial charge in [0.15, 0.2) is 23.1 Å². The summed E-state index contributed by atoms with van der Waals surface area (Å²) in [7, 11) is 0. The maximum Gasteiger partial charge on any atom is 0.336 e. The van der Waals surface area contributed by atoms with Crippen LogP contribution < -0.4 is 0 Å². The lowest BCUT2D eigenvalue weighted by Crippen LogP contribution is -2.05. The van der Waals surface area contributed by atoms with E-state index in [-0.39, 0.29) is 11.4 Å². The Morgan fingerprint density at radius 3 is 2.62 bits per heavy atom. The van der Waals surface area contributed by atoms with Gasteiger partial charge in [0.2, 0.25) is 0 Å². The van der Waals surface area contributed by atoms with Crippen LogP contribution in [0.1, 0.15) is 16.1 Å². The van der Waals surface area contributed by atoms with Gasteiger partial charge >= 0.3 is 5.97 Å². The zero-order valence-corrected chi connectivity index (χ0v) is 10.7. The third kappa shape index (κ3) is 2.10. The predicted molar refractivity (Wildman–Crippen MR) is 67.8 cm³/mol. The van der Waals surface area contributed by atoms with Crippen LogP contribution in [-0.2, 0) is 0 Å². The number of carboxylic acids is 1. The number of fused-ring (bicyclic) bond motifs is 1. The second kappa shape index (κ2) is 4.58. The average molecular weight is 290 g/mol. The van der Waals surface area contributed by atoms with Crippen LogP contribution in [-0.4, -0.2) is 30.9 Å². The molecule has 0 bridgehead atoms. The first-order chi connectivity index (χ1) is 9.97. The molecule has 0 saturated carbocycles. The Morgan fingerprint density at radius 1 is 1.19 bits per heavy atom. The zero-order chi connectivity index (χ0) is 15.1. The SMILES string of the molecule is Cc1ccc2nnc(-c3cc(F)c(F)cc3C(=O)O)n2n1. The number of benzene rings is 1. The molecular weight excluding hydrogens is 282 g/mol. The third-order valence-corrected chi connectivity index (χ3v) is 2.93. The first kappa shape index (κ1) is 13.1. The Balaban J connectivity index is 2.34. The Labute approximate surface area is 116 Å². The molecule has 2 aromatic heterocycles. The van der Waals surface area contributed by atoms with Gasteiger partial charge in [-0.3, -0.25) is 0 Å². The number of carbonyl (C=O) groups is 1. The van der Waals surface area contributed by atoms with Gasteiger partial charge in [-0.15, -0.1) is 10.2 Å². The number of aromatic carboxylic acids is 1. The molecule has 0 aliphatic carbocycles. The maximum absolute atomic E-state index is 13.4. The molecule has 8 heteroatoms. The van der Waals surface area contributed by atoms with Crippen molar-refractivity contribution in [3.63, 3.8) is 0 Å². The number of hydrogen-bond donors (Lipinski definition) is 1. The number of hydrogen-bond acceptors (Lipinski definition) is 4. The zero-order valence-electron chi connectivity index (χ0n) is 10.7. The molecule has 106 valence electrons. The molecule has 1 aromatic carbocycles. The summed E-state index contributed by atoms with van der Waals surface area (Å²) < 4.78 is 28.0. The van der Waals surface area contributed by atoms with Gasteiger partial charge in [-0.25, -0.2) is 13.6 Å². The largest absolute Gasteiger partial charge is 0.478 e. The molecule has 0 unspecified atom stereocenters. The van der Waals surface area contributed by atoms with Crippen molar-refractivity contribution in [2.24, 2.45) is 0 Å². The molecule has 0 aliphatic heterocycles. The van der Waals surface area contributed by atoms with Crippen LogP contribution in [0.3, 0.4) is 0 Å². The van der Waals surface area contributed by atoms with Crippen molar-refractivity contribution >= 4 is 11.6 Å². The van der Waals surface area contributed by atoms with Gasteiger partial charge in [0.05, 0.1) is 11.3 Å². The number of nitrogens with zero attached hydrogens (tertiary/aromatic N) is 4. The molecule has 21 heavy (non-hydrogen) atoms. The molecule has 1 N–H and O–H groups in total. The molecule has 0 amide bonds. The highest BCUT2D eigenvalue weighted by atomic mass is 19.2.